The maximum Gasteiger partial charge on any atom is 0.202 e. The third-order valence-electron chi connectivity index (χ3n) is 2.16. The molecule has 2 rings (SSSR count). The van der Waals surface area contributed by atoms with Gasteiger partial charge in [-0.1, -0.05) is 19.1 Å². The van der Waals surface area contributed by atoms with E-state index in [2.05, 4.69) is 14.7 Å². The second-order valence-corrected chi connectivity index (χ2v) is 4.14. The van der Waals surface area contributed by atoms with E-state index in [0.717, 1.165) is 22.9 Å². The Kier molecular flexibility index (Phi) is 3.36. The molecule has 0 amide bonds. The molecule has 0 aliphatic heterocycles. The number of nitrogens with zero attached hydrogens (tertiary/aromatic N) is 2. The molecule has 1 aromatic carbocycles. The first kappa shape index (κ1) is 10.9. The van der Waals surface area contributed by atoms with Crippen molar-refractivity contribution in [1.29, 1.82) is 0 Å². The second-order valence-electron chi connectivity index (χ2n) is 3.39. The van der Waals surface area contributed by atoms with Gasteiger partial charge in [-0.2, -0.15) is 4.37 Å². The number of benzene rings is 1. The summed E-state index contributed by atoms with van der Waals surface area (Å²) < 4.78 is 4.19. The Morgan fingerprint density at radius 1 is 1.31 bits per heavy atom. The van der Waals surface area contributed by atoms with E-state index in [1.165, 1.54) is 11.5 Å². The molecular weight excluding hydrogens is 222 g/mol. The van der Waals surface area contributed by atoms with Gasteiger partial charge in [-0.15, -0.1) is 0 Å². The molecule has 0 bridgehead atoms. The summed E-state index contributed by atoms with van der Waals surface area (Å²) in [5, 5.41) is 13.2. The summed E-state index contributed by atoms with van der Waals surface area (Å²) in [6, 6.07) is 7.11. The average Bonchev–Trinajstić information content (AvgIpc) is 2.76. The number of hydrogen-bond donors (Lipinski definition) is 2. The normalized spacial score (nSPS) is 10.3. The Hall–Kier alpha value is -1.62. The average molecular weight is 235 g/mol. The van der Waals surface area contributed by atoms with Gasteiger partial charge in [-0.25, -0.2) is 4.98 Å². The Morgan fingerprint density at radius 2 is 2.06 bits per heavy atom. The molecule has 0 saturated heterocycles. The molecule has 84 valence electrons. The predicted molar refractivity (Wildman–Crippen MR) is 64.7 cm³/mol. The summed E-state index contributed by atoms with van der Waals surface area (Å²) in [5.74, 6) is 1.16. The molecule has 5 heteroatoms. The van der Waals surface area contributed by atoms with Crippen LogP contribution in [0.2, 0.25) is 0 Å². The van der Waals surface area contributed by atoms with Crippen molar-refractivity contribution >= 4 is 16.7 Å². The van der Waals surface area contributed by atoms with E-state index < -0.39 is 0 Å². The predicted octanol–water partition coefficient (Wildman–Crippen LogP) is 2.42. The van der Waals surface area contributed by atoms with E-state index in [1.807, 2.05) is 19.1 Å². The van der Waals surface area contributed by atoms with Crippen LogP contribution >= 0.6 is 11.5 Å². The number of phenols is 1. The summed E-state index contributed by atoms with van der Waals surface area (Å²) in [7, 11) is 0. The molecule has 0 unspecified atom stereocenters. The molecule has 1 heterocycles. The number of anilines is 1. The van der Waals surface area contributed by atoms with Gasteiger partial charge in [0.25, 0.3) is 0 Å². The zero-order valence-corrected chi connectivity index (χ0v) is 9.79. The van der Waals surface area contributed by atoms with E-state index in [4.69, 9.17) is 5.11 Å². The van der Waals surface area contributed by atoms with Gasteiger partial charge in [0.1, 0.15) is 11.6 Å². The topological polar surface area (TPSA) is 58.0 Å². The van der Waals surface area contributed by atoms with Crippen molar-refractivity contribution < 1.29 is 5.11 Å². The Labute approximate surface area is 98.1 Å². The van der Waals surface area contributed by atoms with Gasteiger partial charge >= 0.3 is 0 Å². The van der Waals surface area contributed by atoms with Crippen molar-refractivity contribution in [2.45, 2.75) is 19.9 Å². The van der Waals surface area contributed by atoms with Crippen LogP contribution in [0.15, 0.2) is 24.3 Å². The van der Waals surface area contributed by atoms with Crippen LogP contribution in [0.1, 0.15) is 18.3 Å². The molecule has 0 aliphatic rings. The first-order valence-electron chi connectivity index (χ1n) is 5.12. The monoisotopic (exact) mass is 235 g/mol. The van der Waals surface area contributed by atoms with E-state index in [0.29, 0.717) is 6.54 Å². The number of nitrogens with one attached hydrogen (secondary N) is 1. The summed E-state index contributed by atoms with van der Waals surface area (Å²) in [4.78, 5) is 4.31. The first-order chi connectivity index (χ1) is 7.78. The van der Waals surface area contributed by atoms with Gasteiger partial charge < -0.3 is 10.4 Å². The van der Waals surface area contributed by atoms with Crippen LogP contribution in [0.4, 0.5) is 5.13 Å². The van der Waals surface area contributed by atoms with E-state index in [1.54, 1.807) is 12.1 Å². The third kappa shape index (κ3) is 2.70. The highest BCUT2D eigenvalue weighted by atomic mass is 32.1. The molecule has 0 saturated carbocycles. The van der Waals surface area contributed by atoms with E-state index in [9.17, 15) is 0 Å². The lowest BCUT2D eigenvalue weighted by molar-refractivity contribution is 0.475. The zero-order valence-electron chi connectivity index (χ0n) is 8.97. The SMILES string of the molecule is CCc1nsc(NCc2ccc(O)cc2)n1. The van der Waals surface area contributed by atoms with Crippen LogP contribution in [0.5, 0.6) is 5.75 Å². The molecular formula is C11H13N3OS. The number of aromatic nitrogens is 2. The Balaban J connectivity index is 1.94. The maximum atomic E-state index is 9.14. The molecule has 1 aromatic heterocycles. The molecule has 4 nitrogen and oxygen atoms in total. The lowest BCUT2D eigenvalue weighted by atomic mass is 10.2. The molecule has 0 radical (unpaired) electrons. The minimum Gasteiger partial charge on any atom is -0.508 e. The fraction of sp³-hybridized carbons (Fsp3) is 0.273. The fourth-order valence-electron chi connectivity index (χ4n) is 1.26. The van der Waals surface area contributed by atoms with E-state index >= 15 is 0 Å². The fourth-order valence-corrected chi connectivity index (χ4v) is 1.91. The highest BCUT2D eigenvalue weighted by Gasteiger charge is 2.01. The maximum absolute atomic E-state index is 9.14. The van der Waals surface area contributed by atoms with E-state index in [-0.39, 0.29) is 5.75 Å². The Bertz CT molecular complexity index is 453. The van der Waals surface area contributed by atoms with Gasteiger partial charge in [0.2, 0.25) is 5.13 Å². The summed E-state index contributed by atoms with van der Waals surface area (Å²) >= 11 is 1.37. The molecule has 16 heavy (non-hydrogen) atoms. The lowest BCUT2D eigenvalue weighted by Crippen LogP contribution is -1.98. The highest BCUT2D eigenvalue weighted by Crippen LogP contribution is 2.14. The number of hydrogen-bond acceptors (Lipinski definition) is 5. The van der Waals surface area contributed by atoms with Crippen molar-refractivity contribution in [2.24, 2.45) is 0 Å². The summed E-state index contributed by atoms with van der Waals surface area (Å²) in [5.41, 5.74) is 1.10. The van der Waals surface area contributed by atoms with Gasteiger partial charge in [0.15, 0.2) is 0 Å². The second kappa shape index (κ2) is 4.94. The van der Waals surface area contributed by atoms with Crippen LogP contribution in [-0.2, 0) is 13.0 Å². The molecule has 2 aromatic rings. The molecule has 0 fully saturated rings. The third-order valence-corrected chi connectivity index (χ3v) is 2.87. The van der Waals surface area contributed by atoms with Gasteiger partial charge in [-0.3, -0.25) is 0 Å². The van der Waals surface area contributed by atoms with Crippen molar-refractivity contribution in [3.05, 3.63) is 35.7 Å². The smallest absolute Gasteiger partial charge is 0.202 e. The van der Waals surface area contributed by atoms with Crippen LogP contribution in [0, 0.1) is 0 Å². The van der Waals surface area contributed by atoms with Crippen LogP contribution < -0.4 is 5.32 Å². The van der Waals surface area contributed by atoms with Gasteiger partial charge in [0.05, 0.1) is 0 Å². The standard InChI is InChI=1S/C11H13N3OS/c1-2-10-13-11(16-14-10)12-7-8-3-5-9(15)6-4-8/h3-6,15H,2,7H2,1H3,(H,12,13,14). The number of aromatic hydroxyl groups is 1. The number of phenolic OH excluding ortho intramolecular Hbond substituents is 1. The highest BCUT2D eigenvalue weighted by molar-refractivity contribution is 7.09. The van der Waals surface area contributed by atoms with Crippen LogP contribution in [-0.4, -0.2) is 14.5 Å². The van der Waals surface area contributed by atoms with Gasteiger partial charge in [-0.05, 0) is 17.7 Å². The van der Waals surface area contributed by atoms with Crippen LogP contribution in [0.25, 0.3) is 0 Å². The summed E-state index contributed by atoms with van der Waals surface area (Å²) in [6.45, 7) is 2.73. The van der Waals surface area contributed by atoms with Crippen LogP contribution in [0.3, 0.4) is 0 Å². The lowest BCUT2D eigenvalue weighted by Gasteiger charge is -2.02. The molecule has 0 spiro atoms. The minimum absolute atomic E-state index is 0.285. The van der Waals surface area contributed by atoms with Crippen molar-refractivity contribution in [3.63, 3.8) is 0 Å². The van der Waals surface area contributed by atoms with Crippen molar-refractivity contribution in [3.8, 4) is 5.75 Å². The first-order valence-corrected chi connectivity index (χ1v) is 5.89. The molecule has 2 N–H and O–H groups in total. The number of aryl methyl sites for hydroxylation is 1. The number of rotatable bonds is 4. The van der Waals surface area contributed by atoms with Gasteiger partial charge in [0, 0.05) is 24.5 Å². The largest absolute Gasteiger partial charge is 0.508 e. The molecule has 0 atom stereocenters. The van der Waals surface area contributed by atoms with Crippen molar-refractivity contribution in [2.75, 3.05) is 5.32 Å². The molecule has 0 aliphatic carbocycles. The quantitative estimate of drug-likeness (QED) is 0.854. The van der Waals surface area contributed by atoms with Crippen molar-refractivity contribution in [1.82, 2.24) is 9.36 Å². The zero-order chi connectivity index (χ0) is 11.4. The Morgan fingerprint density at radius 3 is 2.69 bits per heavy atom. The minimum atomic E-state index is 0.285. The summed E-state index contributed by atoms with van der Waals surface area (Å²) in [6.07, 6.45) is 0.859.